The minimum Gasteiger partial charge on any atom is -0.340 e. The van der Waals surface area contributed by atoms with Gasteiger partial charge in [-0.3, -0.25) is 9.69 Å². The second-order valence-corrected chi connectivity index (χ2v) is 4.55. The van der Waals surface area contributed by atoms with Crippen LogP contribution in [0.5, 0.6) is 0 Å². The summed E-state index contributed by atoms with van der Waals surface area (Å²) in [7, 11) is 0. The van der Waals surface area contributed by atoms with Crippen LogP contribution in [0.2, 0.25) is 0 Å². The lowest BCUT2D eigenvalue weighted by molar-refractivity contribution is -0.130. The number of nitriles is 1. The molecule has 0 unspecified atom stereocenters. The molecule has 0 radical (unpaired) electrons. The number of rotatable bonds is 2. The van der Waals surface area contributed by atoms with Crippen LogP contribution in [-0.4, -0.2) is 41.9 Å². The molecule has 1 heterocycles. The molecule has 1 aromatic rings. The van der Waals surface area contributed by atoms with Crippen LogP contribution in [-0.2, 0) is 11.3 Å². The molecular formula is C14H17N3O. The lowest BCUT2D eigenvalue weighted by atomic mass is 10.1. The van der Waals surface area contributed by atoms with Crippen LogP contribution >= 0.6 is 0 Å². The Morgan fingerprint density at radius 1 is 1.28 bits per heavy atom. The van der Waals surface area contributed by atoms with Gasteiger partial charge in [0.15, 0.2) is 0 Å². The van der Waals surface area contributed by atoms with Crippen molar-refractivity contribution in [1.82, 2.24) is 9.80 Å². The summed E-state index contributed by atoms with van der Waals surface area (Å²) in [5, 5.41) is 9.04. The second-order valence-electron chi connectivity index (χ2n) is 4.55. The summed E-state index contributed by atoms with van der Waals surface area (Å²) in [6, 6.07) is 9.91. The molecule has 0 aromatic heterocycles. The van der Waals surface area contributed by atoms with Gasteiger partial charge in [-0.15, -0.1) is 0 Å². The molecule has 18 heavy (non-hydrogen) atoms. The summed E-state index contributed by atoms with van der Waals surface area (Å²) in [6.45, 7) is 5.71. The minimum absolute atomic E-state index is 0.145. The molecule has 1 amide bonds. The standard InChI is InChI=1S/C14H17N3O/c1-12(18)17-8-6-16(7-9-17)11-14-5-3-2-4-13(14)10-15/h2-5H,6-9,11H2,1H3. The average molecular weight is 243 g/mol. The number of nitrogens with zero attached hydrogens (tertiary/aromatic N) is 3. The number of piperazine rings is 1. The van der Waals surface area contributed by atoms with Crippen LogP contribution in [0.15, 0.2) is 24.3 Å². The summed E-state index contributed by atoms with van der Waals surface area (Å²) in [5.74, 6) is 0.145. The maximum Gasteiger partial charge on any atom is 0.219 e. The zero-order valence-corrected chi connectivity index (χ0v) is 10.6. The lowest BCUT2D eigenvalue weighted by Gasteiger charge is -2.34. The van der Waals surface area contributed by atoms with Gasteiger partial charge in [0.25, 0.3) is 0 Å². The molecule has 0 saturated carbocycles. The van der Waals surface area contributed by atoms with Gasteiger partial charge < -0.3 is 4.90 Å². The molecule has 1 aliphatic heterocycles. The third-order valence-corrected chi connectivity index (χ3v) is 3.35. The Morgan fingerprint density at radius 3 is 2.56 bits per heavy atom. The SMILES string of the molecule is CC(=O)N1CCN(Cc2ccccc2C#N)CC1. The second kappa shape index (κ2) is 5.65. The maximum atomic E-state index is 11.2. The van der Waals surface area contributed by atoms with Crippen LogP contribution in [0.3, 0.4) is 0 Å². The molecule has 0 bridgehead atoms. The smallest absolute Gasteiger partial charge is 0.219 e. The quantitative estimate of drug-likeness (QED) is 0.784. The maximum absolute atomic E-state index is 11.2. The monoisotopic (exact) mass is 243 g/mol. The Balaban J connectivity index is 1.96. The molecule has 94 valence electrons. The largest absolute Gasteiger partial charge is 0.340 e. The van der Waals surface area contributed by atoms with Gasteiger partial charge in [-0.05, 0) is 11.6 Å². The highest BCUT2D eigenvalue weighted by atomic mass is 16.2. The molecule has 0 atom stereocenters. The summed E-state index contributed by atoms with van der Waals surface area (Å²) < 4.78 is 0. The first-order valence-corrected chi connectivity index (χ1v) is 6.16. The number of carbonyl (C=O) groups excluding carboxylic acids is 1. The molecule has 0 aliphatic carbocycles. The number of carbonyl (C=O) groups is 1. The van der Waals surface area contributed by atoms with Gasteiger partial charge in [-0.25, -0.2) is 0 Å². The van der Waals surface area contributed by atoms with Crippen molar-refractivity contribution in [1.29, 1.82) is 5.26 Å². The van der Waals surface area contributed by atoms with Crippen LogP contribution in [0, 0.1) is 11.3 Å². The Bertz CT molecular complexity index is 470. The van der Waals surface area contributed by atoms with E-state index < -0.39 is 0 Å². The van der Waals surface area contributed by atoms with Crippen molar-refractivity contribution in [3.05, 3.63) is 35.4 Å². The van der Waals surface area contributed by atoms with Crippen molar-refractivity contribution < 1.29 is 4.79 Å². The summed E-state index contributed by atoms with van der Waals surface area (Å²) in [6.07, 6.45) is 0. The van der Waals surface area contributed by atoms with Gasteiger partial charge in [0.1, 0.15) is 0 Å². The van der Waals surface area contributed by atoms with E-state index in [-0.39, 0.29) is 5.91 Å². The van der Waals surface area contributed by atoms with E-state index in [1.165, 1.54) is 0 Å². The van der Waals surface area contributed by atoms with Gasteiger partial charge in [0.05, 0.1) is 11.6 Å². The first-order valence-electron chi connectivity index (χ1n) is 6.16. The topological polar surface area (TPSA) is 47.3 Å². The molecular weight excluding hydrogens is 226 g/mol. The zero-order valence-electron chi connectivity index (χ0n) is 10.6. The normalized spacial score (nSPS) is 16.3. The van der Waals surface area contributed by atoms with Crippen LogP contribution in [0.1, 0.15) is 18.1 Å². The molecule has 0 N–H and O–H groups in total. The minimum atomic E-state index is 0.145. The Kier molecular flexibility index (Phi) is 3.96. The third kappa shape index (κ3) is 2.88. The highest BCUT2D eigenvalue weighted by Gasteiger charge is 2.18. The van der Waals surface area contributed by atoms with Gasteiger partial charge in [-0.2, -0.15) is 5.26 Å². The van der Waals surface area contributed by atoms with Crippen LogP contribution in [0.4, 0.5) is 0 Å². The van der Waals surface area contributed by atoms with Crippen molar-refractivity contribution in [2.24, 2.45) is 0 Å². The summed E-state index contributed by atoms with van der Waals surface area (Å²) >= 11 is 0. The van der Waals surface area contributed by atoms with E-state index in [2.05, 4.69) is 11.0 Å². The Hall–Kier alpha value is -1.86. The molecule has 0 spiro atoms. The van der Waals surface area contributed by atoms with Gasteiger partial charge in [0, 0.05) is 39.6 Å². The van der Waals surface area contributed by atoms with Gasteiger partial charge in [-0.1, -0.05) is 18.2 Å². The zero-order chi connectivity index (χ0) is 13.0. The van der Waals surface area contributed by atoms with E-state index in [0.29, 0.717) is 0 Å². The van der Waals surface area contributed by atoms with Crippen LogP contribution in [0.25, 0.3) is 0 Å². The van der Waals surface area contributed by atoms with Crippen molar-refractivity contribution >= 4 is 5.91 Å². The van der Waals surface area contributed by atoms with E-state index in [9.17, 15) is 4.79 Å². The molecule has 1 fully saturated rings. The number of hydrogen-bond donors (Lipinski definition) is 0. The number of hydrogen-bond acceptors (Lipinski definition) is 3. The van der Waals surface area contributed by atoms with Gasteiger partial charge >= 0.3 is 0 Å². The van der Waals surface area contributed by atoms with Crippen molar-refractivity contribution in [2.45, 2.75) is 13.5 Å². The Morgan fingerprint density at radius 2 is 1.94 bits per heavy atom. The summed E-state index contributed by atoms with van der Waals surface area (Å²) in [5.41, 5.74) is 1.81. The van der Waals surface area contributed by atoms with E-state index in [1.54, 1.807) is 6.92 Å². The molecule has 2 rings (SSSR count). The third-order valence-electron chi connectivity index (χ3n) is 3.35. The van der Waals surface area contributed by atoms with E-state index in [0.717, 1.165) is 43.9 Å². The molecule has 4 heteroatoms. The van der Waals surface area contributed by atoms with Crippen molar-refractivity contribution in [3.63, 3.8) is 0 Å². The van der Waals surface area contributed by atoms with Crippen molar-refractivity contribution in [2.75, 3.05) is 26.2 Å². The number of amides is 1. The molecule has 1 aliphatic rings. The first kappa shape index (κ1) is 12.6. The molecule has 1 aromatic carbocycles. The van der Waals surface area contributed by atoms with Crippen LogP contribution < -0.4 is 0 Å². The lowest BCUT2D eigenvalue weighted by Crippen LogP contribution is -2.47. The summed E-state index contributed by atoms with van der Waals surface area (Å²) in [4.78, 5) is 15.4. The fraction of sp³-hybridized carbons (Fsp3) is 0.429. The molecule has 4 nitrogen and oxygen atoms in total. The highest BCUT2D eigenvalue weighted by molar-refractivity contribution is 5.73. The highest BCUT2D eigenvalue weighted by Crippen LogP contribution is 2.12. The number of benzene rings is 1. The van der Waals surface area contributed by atoms with Crippen molar-refractivity contribution in [3.8, 4) is 6.07 Å². The van der Waals surface area contributed by atoms with E-state index in [4.69, 9.17) is 5.26 Å². The fourth-order valence-electron chi connectivity index (χ4n) is 2.23. The predicted molar refractivity (Wildman–Crippen MR) is 68.7 cm³/mol. The predicted octanol–water partition coefficient (Wildman–Crippen LogP) is 1.22. The van der Waals surface area contributed by atoms with E-state index in [1.807, 2.05) is 29.2 Å². The van der Waals surface area contributed by atoms with Gasteiger partial charge in [0.2, 0.25) is 5.91 Å². The first-order chi connectivity index (χ1) is 8.70. The fourth-order valence-corrected chi connectivity index (χ4v) is 2.23. The molecule has 1 saturated heterocycles. The Labute approximate surface area is 107 Å². The van der Waals surface area contributed by atoms with E-state index >= 15 is 0 Å². The average Bonchev–Trinajstić information content (AvgIpc) is 2.40.